The van der Waals surface area contributed by atoms with Crippen molar-refractivity contribution in [2.75, 3.05) is 26.7 Å². The molecule has 0 spiro atoms. The molecule has 3 nitrogen and oxygen atoms in total. The van der Waals surface area contributed by atoms with Crippen LogP contribution in [0, 0.1) is 0 Å². The summed E-state index contributed by atoms with van der Waals surface area (Å²) in [5.41, 5.74) is 5.84. The second-order valence-electron chi connectivity index (χ2n) is 4.96. The fraction of sp³-hybridized carbons (Fsp3) is 1.00. The second-order valence-corrected chi connectivity index (χ2v) is 4.96. The van der Waals surface area contributed by atoms with E-state index in [9.17, 15) is 0 Å². The first-order chi connectivity index (χ1) is 7.77. The first kappa shape index (κ1) is 13.9. The molecule has 2 atom stereocenters. The van der Waals surface area contributed by atoms with Crippen molar-refractivity contribution in [3.05, 3.63) is 0 Å². The molecule has 0 aromatic carbocycles. The maximum Gasteiger partial charge on any atom is 0.0702 e. The number of nitrogens with zero attached hydrogens (tertiary/aromatic N) is 1. The van der Waals surface area contributed by atoms with Gasteiger partial charge in [-0.25, -0.2) is 0 Å². The molecule has 0 bridgehead atoms. The zero-order valence-corrected chi connectivity index (χ0v) is 11.0. The van der Waals surface area contributed by atoms with Gasteiger partial charge in [-0.05, 0) is 32.7 Å². The highest BCUT2D eigenvalue weighted by Gasteiger charge is 2.19. The Kier molecular flexibility index (Phi) is 7.01. The molecule has 1 aliphatic heterocycles. The third-order valence-corrected chi connectivity index (χ3v) is 3.55. The number of ether oxygens (including phenoxy) is 1. The SMILES string of the molecule is CCCCC(CN)N(C)CC1CCCCO1. The summed E-state index contributed by atoms with van der Waals surface area (Å²) in [6.07, 6.45) is 7.96. The molecule has 0 aliphatic carbocycles. The smallest absolute Gasteiger partial charge is 0.0702 e. The van der Waals surface area contributed by atoms with Crippen molar-refractivity contribution in [3.63, 3.8) is 0 Å². The number of likely N-dealkylation sites (N-methyl/N-ethyl adjacent to an activating group) is 1. The molecule has 1 rings (SSSR count). The Labute approximate surface area is 100 Å². The minimum atomic E-state index is 0.439. The Morgan fingerprint density at radius 3 is 2.81 bits per heavy atom. The molecule has 1 heterocycles. The van der Waals surface area contributed by atoms with Gasteiger partial charge < -0.3 is 10.5 Å². The summed E-state index contributed by atoms with van der Waals surface area (Å²) >= 11 is 0. The van der Waals surface area contributed by atoms with Crippen LogP contribution in [-0.2, 0) is 4.74 Å². The maximum atomic E-state index is 5.84. The Balaban J connectivity index is 2.26. The molecule has 96 valence electrons. The predicted octanol–water partition coefficient (Wildman–Crippen LogP) is 2.00. The number of hydrogen-bond donors (Lipinski definition) is 1. The average Bonchev–Trinajstić information content (AvgIpc) is 2.31. The molecular formula is C13H28N2O. The third kappa shape index (κ3) is 4.81. The van der Waals surface area contributed by atoms with E-state index in [1.54, 1.807) is 0 Å². The summed E-state index contributed by atoms with van der Waals surface area (Å²) in [4.78, 5) is 2.39. The van der Waals surface area contributed by atoms with E-state index in [4.69, 9.17) is 10.5 Å². The Hall–Kier alpha value is -0.120. The summed E-state index contributed by atoms with van der Waals surface area (Å²) in [5, 5.41) is 0. The minimum Gasteiger partial charge on any atom is -0.377 e. The molecule has 1 fully saturated rings. The highest BCUT2D eigenvalue weighted by atomic mass is 16.5. The summed E-state index contributed by atoms with van der Waals surface area (Å²) in [7, 11) is 2.19. The van der Waals surface area contributed by atoms with Crippen molar-refractivity contribution in [3.8, 4) is 0 Å². The van der Waals surface area contributed by atoms with E-state index in [2.05, 4.69) is 18.9 Å². The van der Waals surface area contributed by atoms with E-state index in [1.165, 1.54) is 38.5 Å². The van der Waals surface area contributed by atoms with E-state index in [0.717, 1.165) is 19.7 Å². The van der Waals surface area contributed by atoms with E-state index < -0.39 is 0 Å². The largest absolute Gasteiger partial charge is 0.377 e. The van der Waals surface area contributed by atoms with Crippen molar-refractivity contribution >= 4 is 0 Å². The molecular weight excluding hydrogens is 200 g/mol. The second kappa shape index (κ2) is 8.04. The fourth-order valence-electron chi connectivity index (χ4n) is 2.38. The molecule has 0 aromatic rings. The first-order valence-electron chi connectivity index (χ1n) is 6.79. The Bertz CT molecular complexity index is 169. The van der Waals surface area contributed by atoms with Gasteiger partial charge in [0.2, 0.25) is 0 Å². The van der Waals surface area contributed by atoms with Crippen molar-refractivity contribution in [2.24, 2.45) is 5.73 Å². The molecule has 0 amide bonds. The highest BCUT2D eigenvalue weighted by Crippen LogP contribution is 2.15. The van der Waals surface area contributed by atoms with Gasteiger partial charge in [-0.3, -0.25) is 4.90 Å². The molecule has 3 heteroatoms. The molecule has 0 aromatic heterocycles. The number of rotatable bonds is 7. The van der Waals surface area contributed by atoms with Gasteiger partial charge >= 0.3 is 0 Å². The van der Waals surface area contributed by atoms with Crippen LogP contribution < -0.4 is 5.73 Å². The van der Waals surface area contributed by atoms with Crippen LogP contribution in [0.3, 0.4) is 0 Å². The number of hydrogen-bond acceptors (Lipinski definition) is 3. The zero-order chi connectivity index (χ0) is 11.8. The lowest BCUT2D eigenvalue weighted by atomic mass is 10.1. The normalized spacial score (nSPS) is 23.6. The van der Waals surface area contributed by atoms with Crippen LogP contribution in [0.2, 0.25) is 0 Å². The zero-order valence-electron chi connectivity index (χ0n) is 11.0. The first-order valence-corrected chi connectivity index (χ1v) is 6.79. The fourth-order valence-corrected chi connectivity index (χ4v) is 2.38. The van der Waals surface area contributed by atoms with Gasteiger partial charge in [0.1, 0.15) is 0 Å². The molecule has 1 saturated heterocycles. The van der Waals surface area contributed by atoms with E-state index in [0.29, 0.717) is 12.1 Å². The monoisotopic (exact) mass is 228 g/mol. The van der Waals surface area contributed by atoms with Crippen LogP contribution in [0.1, 0.15) is 45.4 Å². The topological polar surface area (TPSA) is 38.5 Å². The quantitative estimate of drug-likeness (QED) is 0.724. The predicted molar refractivity (Wildman–Crippen MR) is 68.6 cm³/mol. The molecule has 1 aliphatic rings. The highest BCUT2D eigenvalue weighted by molar-refractivity contribution is 4.74. The summed E-state index contributed by atoms with van der Waals surface area (Å²) in [6, 6.07) is 0.533. The van der Waals surface area contributed by atoms with Crippen LogP contribution in [0.4, 0.5) is 0 Å². The molecule has 16 heavy (non-hydrogen) atoms. The van der Waals surface area contributed by atoms with E-state index >= 15 is 0 Å². The molecule has 0 radical (unpaired) electrons. The van der Waals surface area contributed by atoms with Crippen LogP contribution in [0.25, 0.3) is 0 Å². The maximum absolute atomic E-state index is 5.84. The van der Waals surface area contributed by atoms with Gasteiger partial charge in [0.05, 0.1) is 6.10 Å². The standard InChI is InChI=1S/C13H28N2O/c1-3-4-7-12(10-14)15(2)11-13-8-5-6-9-16-13/h12-13H,3-11,14H2,1-2H3. The van der Waals surface area contributed by atoms with Crippen molar-refractivity contribution in [1.29, 1.82) is 0 Å². The molecule has 2 N–H and O–H groups in total. The van der Waals surface area contributed by atoms with Crippen LogP contribution in [-0.4, -0.2) is 43.8 Å². The van der Waals surface area contributed by atoms with Gasteiger partial charge in [-0.2, -0.15) is 0 Å². The third-order valence-electron chi connectivity index (χ3n) is 3.55. The number of unbranched alkanes of at least 4 members (excludes halogenated alkanes) is 1. The lowest BCUT2D eigenvalue weighted by Crippen LogP contribution is -2.43. The van der Waals surface area contributed by atoms with Crippen LogP contribution >= 0.6 is 0 Å². The van der Waals surface area contributed by atoms with Crippen molar-refractivity contribution < 1.29 is 4.74 Å². The van der Waals surface area contributed by atoms with Gasteiger partial charge in [-0.15, -0.1) is 0 Å². The van der Waals surface area contributed by atoms with Crippen molar-refractivity contribution in [1.82, 2.24) is 4.90 Å². The minimum absolute atomic E-state index is 0.439. The van der Waals surface area contributed by atoms with Gasteiger partial charge in [0.15, 0.2) is 0 Å². The van der Waals surface area contributed by atoms with Crippen LogP contribution in [0.5, 0.6) is 0 Å². The van der Waals surface area contributed by atoms with Gasteiger partial charge in [0, 0.05) is 25.7 Å². The average molecular weight is 228 g/mol. The Morgan fingerprint density at radius 2 is 2.25 bits per heavy atom. The lowest BCUT2D eigenvalue weighted by Gasteiger charge is -2.32. The summed E-state index contributed by atoms with van der Waals surface area (Å²) in [5.74, 6) is 0. The van der Waals surface area contributed by atoms with E-state index in [-0.39, 0.29) is 0 Å². The summed E-state index contributed by atoms with van der Waals surface area (Å²) in [6.45, 7) is 4.99. The van der Waals surface area contributed by atoms with E-state index in [1.807, 2.05) is 0 Å². The van der Waals surface area contributed by atoms with Gasteiger partial charge in [-0.1, -0.05) is 19.8 Å². The van der Waals surface area contributed by atoms with Crippen LogP contribution in [0.15, 0.2) is 0 Å². The summed E-state index contributed by atoms with van der Waals surface area (Å²) < 4.78 is 5.77. The Morgan fingerprint density at radius 1 is 1.44 bits per heavy atom. The molecule has 2 unspecified atom stereocenters. The molecule has 0 saturated carbocycles. The lowest BCUT2D eigenvalue weighted by molar-refractivity contribution is -0.00824. The number of nitrogens with two attached hydrogens (primary N) is 1. The van der Waals surface area contributed by atoms with Crippen molar-refractivity contribution in [2.45, 2.75) is 57.6 Å². The van der Waals surface area contributed by atoms with Gasteiger partial charge in [0.25, 0.3) is 0 Å².